The van der Waals surface area contributed by atoms with Crippen LogP contribution in [0.3, 0.4) is 0 Å². The van der Waals surface area contributed by atoms with Gasteiger partial charge in [0.1, 0.15) is 5.75 Å². The first kappa shape index (κ1) is 18.6. The van der Waals surface area contributed by atoms with Gasteiger partial charge in [0, 0.05) is 49.1 Å². The Balaban J connectivity index is 1.40. The molecule has 0 atom stereocenters. The summed E-state index contributed by atoms with van der Waals surface area (Å²) in [6.07, 6.45) is 6.18. The number of anilines is 1. The zero-order valence-corrected chi connectivity index (χ0v) is 16.8. The number of methoxy groups -OCH3 is 1. The summed E-state index contributed by atoms with van der Waals surface area (Å²) in [5, 5.41) is 1.65. The van der Waals surface area contributed by atoms with Gasteiger partial charge in [-0.3, -0.25) is 4.79 Å². The molecular weight excluding hydrogens is 382 g/mol. The van der Waals surface area contributed by atoms with Gasteiger partial charge in [0.05, 0.1) is 31.2 Å². The van der Waals surface area contributed by atoms with E-state index in [1.165, 1.54) is 0 Å². The second kappa shape index (κ2) is 7.79. The molecule has 1 fully saturated rings. The minimum absolute atomic E-state index is 0.0709. The Morgan fingerprint density at radius 2 is 2.07 bits per heavy atom. The van der Waals surface area contributed by atoms with Gasteiger partial charge in [0.15, 0.2) is 0 Å². The van der Waals surface area contributed by atoms with Crippen LogP contribution >= 0.6 is 0 Å². The summed E-state index contributed by atoms with van der Waals surface area (Å²) >= 11 is 0. The van der Waals surface area contributed by atoms with Crippen LogP contribution in [0, 0.1) is 0 Å². The van der Waals surface area contributed by atoms with E-state index >= 15 is 0 Å². The summed E-state index contributed by atoms with van der Waals surface area (Å²) in [5.41, 5.74) is 2.80. The Hall–Kier alpha value is -3.39. The second-order valence-corrected chi connectivity index (χ2v) is 7.36. The summed E-state index contributed by atoms with van der Waals surface area (Å²) in [4.78, 5) is 27.4. The molecule has 0 aliphatic carbocycles. The third-order valence-electron chi connectivity index (χ3n) is 5.60. The number of pyridine rings is 1. The van der Waals surface area contributed by atoms with E-state index in [0.29, 0.717) is 36.6 Å². The molecule has 1 saturated heterocycles. The summed E-state index contributed by atoms with van der Waals surface area (Å²) in [6, 6.07) is 7.84. The molecule has 1 aromatic carbocycles. The Kier molecular flexibility index (Phi) is 4.84. The lowest BCUT2D eigenvalue weighted by Crippen LogP contribution is -2.37. The highest BCUT2D eigenvalue weighted by Gasteiger charge is 2.15. The van der Waals surface area contributed by atoms with Crippen LogP contribution < -0.4 is 15.2 Å². The number of H-pyrrole nitrogens is 1. The third kappa shape index (κ3) is 3.39. The zero-order chi connectivity index (χ0) is 20.5. The smallest absolute Gasteiger partial charge is 0.261 e. The van der Waals surface area contributed by atoms with Crippen molar-refractivity contribution in [3.63, 3.8) is 0 Å². The van der Waals surface area contributed by atoms with E-state index in [2.05, 4.69) is 19.9 Å². The van der Waals surface area contributed by atoms with Crippen molar-refractivity contribution in [3.8, 4) is 5.75 Å². The number of aromatic amines is 1. The Morgan fingerprint density at radius 1 is 1.20 bits per heavy atom. The summed E-state index contributed by atoms with van der Waals surface area (Å²) in [7, 11) is 1.66. The number of morpholine rings is 1. The van der Waals surface area contributed by atoms with Gasteiger partial charge >= 0.3 is 0 Å². The van der Waals surface area contributed by atoms with E-state index in [1.807, 2.05) is 36.7 Å². The van der Waals surface area contributed by atoms with E-state index in [9.17, 15) is 4.79 Å². The summed E-state index contributed by atoms with van der Waals surface area (Å²) < 4.78 is 12.4. The molecule has 0 radical (unpaired) electrons. The number of hydrogen-bond acceptors (Lipinski definition) is 6. The molecule has 8 heteroatoms. The second-order valence-electron chi connectivity index (χ2n) is 7.36. The molecule has 0 amide bonds. The average molecular weight is 405 g/mol. The van der Waals surface area contributed by atoms with Gasteiger partial charge in [-0.15, -0.1) is 0 Å². The van der Waals surface area contributed by atoms with Crippen molar-refractivity contribution < 1.29 is 9.47 Å². The van der Waals surface area contributed by atoms with Crippen LogP contribution in [-0.4, -0.2) is 52.9 Å². The monoisotopic (exact) mass is 405 g/mol. The van der Waals surface area contributed by atoms with Gasteiger partial charge in [-0.05, 0) is 36.2 Å². The van der Waals surface area contributed by atoms with Crippen LogP contribution in [0.25, 0.3) is 21.8 Å². The summed E-state index contributed by atoms with van der Waals surface area (Å²) in [5.74, 6) is 1.47. The lowest BCUT2D eigenvalue weighted by Gasteiger charge is -2.26. The van der Waals surface area contributed by atoms with E-state index in [4.69, 9.17) is 9.47 Å². The molecule has 0 bridgehead atoms. The number of benzene rings is 1. The van der Waals surface area contributed by atoms with Gasteiger partial charge in [0.25, 0.3) is 5.56 Å². The van der Waals surface area contributed by atoms with Crippen molar-refractivity contribution in [2.45, 2.75) is 13.0 Å². The van der Waals surface area contributed by atoms with Gasteiger partial charge in [0.2, 0.25) is 5.95 Å². The fraction of sp³-hybridized carbons (Fsp3) is 0.318. The van der Waals surface area contributed by atoms with Crippen molar-refractivity contribution in [2.75, 3.05) is 38.3 Å². The molecule has 1 aliphatic heterocycles. The Bertz CT molecular complexity index is 1260. The van der Waals surface area contributed by atoms with E-state index in [1.54, 1.807) is 17.9 Å². The molecule has 4 heterocycles. The van der Waals surface area contributed by atoms with Gasteiger partial charge < -0.3 is 23.9 Å². The maximum absolute atomic E-state index is 13.0. The van der Waals surface area contributed by atoms with E-state index < -0.39 is 0 Å². The largest absolute Gasteiger partial charge is 0.497 e. The predicted molar refractivity (Wildman–Crippen MR) is 115 cm³/mol. The number of nitrogens with one attached hydrogen (secondary N) is 1. The Morgan fingerprint density at radius 3 is 2.90 bits per heavy atom. The number of fused-ring (bicyclic) bond motifs is 2. The molecule has 30 heavy (non-hydrogen) atoms. The molecule has 1 N–H and O–H groups in total. The van der Waals surface area contributed by atoms with Crippen LogP contribution in [0.2, 0.25) is 0 Å². The quantitative estimate of drug-likeness (QED) is 0.549. The lowest BCUT2D eigenvalue weighted by molar-refractivity contribution is 0.122. The molecule has 154 valence electrons. The van der Waals surface area contributed by atoms with Crippen LogP contribution in [-0.2, 0) is 17.7 Å². The Labute approximate surface area is 173 Å². The summed E-state index contributed by atoms with van der Waals surface area (Å²) in [6.45, 7) is 3.44. The topological polar surface area (TPSA) is 85.3 Å². The molecule has 0 unspecified atom stereocenters. The van der Waals surface area contributed by atoms with Gasteiger partial charge in [-0.2, -0.15) is 0 Å². The van der Waals surface area contributed by atoms with Crippen LogP contribution in [0.5, 0.6) is 5.75 Å². The maximum Gasteiger partial charge on any atom is 0.261 e. The highest BCUT2D eigenvalue weighted by molar-refractivity contribution is 5.84. The predicted octanol–water partition coefficient (Wildman–Crippen LogP) is 2.36. The molecular formula is C22H23N5O3. The number of nitrogens with zero attached hydrogens (tertiary/aromatic N) is 4. The molecule has 8 nitrogen and oxygen atoms in total. The first-order valence-corrected chi connectivity index (χ1v) is 10.1. The average Bonchev–Trinajstić information content (AvgIpc) is 3.21. The minimum atomic E-state index is -0.0709. The zero-order valence-electron chi connectivity index (χ0n) is 16.8. The van der Waals surface area contributed by atoms with Crippen molar-refractivity contribution in [1.29, 1.82) is 0 Å². The molecule has 0 saturated carbocycles. The fourth-order valence-electron chi connectivity index (χ4n) is 3.88. The van der Waals surface area contributed by atoms with Crippen LogP contribution in [0.1, 0.15) is 5.56 Å². The number of rotatable bonds is 5. The van der Waals surface area contributed by atoms with Crippen molar-refractivity contribution in [1.82, 2.24) is 19.5 Å². The molecule has 4 aromatic rings. The van der Waals surface area contributed by atoms with Crippen molar-refractivity contribution in [3.05, 3.63) is 58.8 Å². The number of aryl methyl sites for hydroxylation is 2. The highest BCUT2D eigenvalue weighted by Crippen LogP contribution is 2.24. The van der Waals surface area contributed by atoms with Gasteiger partial charge in [-0.1, -0.05) is 0 Å². The number of ether oxygens (including phenoxy) is 2. The van der Waals surface area contributed by atoms with E-state index in [0.717, 1.165) is 41.7 Å². The van der Waals surface area contributed by atoms with Crippen LogP contribution in [0.15, 0.2) is 47.7 Å². The number of aromatic nitrogens is 4. The van der Waals surface area contributed by atoms with E-state index in [-0.39, 0.29) is 5.56 Å². The standard InChI is InChI=1S/C22H23N5O3/c1-29-16-2-3-19-17(12-16)15(13-23-19)4-6-26-7-5-20-18(21(26)28)14-24-22(25-20)27-8-10-30-11-9-27/h2-3,5,7,12-14,23H,4,6,8-11H2,1H3. The van der Waals surface area contributed by atoms with Crippen molar-refractivity contribution in [2.24, 2.45) is 0 Å². The molecule has 0 spiro atoms. The third-order valence-corrected chi connectivity index (χ3v) is 5.60. The van der Waals surface area contributed by atoms with Gasteiger partial charge in [-0.25, -0.2) is 9.97 Å². The van der Waals surface area contributed by atoms with Crippen molar-refractivity contribution >= 4 is 27.8 Å². The minimum Gasteiger partial charge on any atom is -0.497 e. The molecule has 5 rings (SSSR count). The van der Waals surface area contributed by atoms with Crippen LogP contribution in [0.4, 0.5) is 5.95 Å². The molecule has 3 aromatic heterocycles. The first-order valence-electron chi connectivity index (χ1n) is 10.1. The lowest BCUT2D eigenvalue weighted by atomic mass is 10.1. The fourth-order valence-corrected chi connectivity index (χ4v) is 3.88. The number of hydrogen-bond donors (Lipinski definition) is 1. The first-order chi connectivity index (χ1) is 14.7. The normalized spacial score (nSPS) is 14.5. The molecule has 1 aliphatic rings. The maximum atomic E-state index is 13.0. The SMILES string of the molecule is COc1ccc2[nH]cc(CCn3ccc4nc(N5CCOCC5)ncc4c3=O)c2c1. The highest BCUT2D eigenvalue weighted by atomic mass is 16.5.